The van der Waals surface area contributed by atoms with Crippen LogP contribution in [0.5, 0.6) is 0 Å². The van der Waals surface area contributed by atoms with Crippen molar-refractivity contribution < 1.29 is 36.2 Å². The summed E-state index contributed by atoms with van der Waals surface area (Å²) < 4.78 is 69.9. The van der Waals surface area contributed by atoms with Crippen LogP contribution in [0.25, 0.3) is 0 Å². The molecule has 0 saturated heterocycles. The second kappa shape index (κ2) is 4.05. The van der Waals surface area contributed by atoms with Gasteiger partial charge in [0.2, 0.25) is 0 Å². The third kappa shape index (κ3) is 4.93. The predicted octanol–water partition coefficient (Wildman–Crippen LogP) is 2.59. The number of rotatable bonds is 3. The second-order valence-electron chi connectivity index (χ2n) is 2.59. The Morgan fingerprint density at radius 1 is 1.14 bits per heavy atom. The van der Waals surface area contributed by atoms with E-state index >= 15 is 0 Å². The van der Waals surface area contributed by atoms with Gasteiger partial charge in [0.15, 0.2) is 5.92 Å². The molecule has 0 saturated carbocycles. The average Bonchev–Trinajstić information content (AvgIpc) is 1.79. The topological polar surface area (TPSA) is 37.3 Å². The van der Waals surface area contributed by atoms with E-state index in [1.54, 1.807) is 0 Å². The monoisotopic (exact) mass is 224 g/mol. The van der Waals surface area contributed by atoms with Crippen LogP contribution in [0, 0.1) is 5.92 Å². The minimum Gasteiger partial charge on any atom is -0.481 e. The van der Waals surface area contributed by atoms with E-state index < -0.39 is 37.1 Å². The van der Waals surface area contributed by atoms with Gasteiger partial charge < -0.3 is 5.11 Å². The molecule has 0 heterocycles. The van der Waals surface area contributed by atoms with Gasteiger partial charge in [0, 0.05) is 6.42 Å². The highest BCUT2D eigenvalue weighted by molar-refractivity contribution is 5.70. The highest BCUT2D eigenvalue weighted by Gasteiger charge is 2.46. The molecule has 1 unspecified atom stereocenters. The fourth-order valence-corrected chi connectivity index (χ4v) is 0.735. The SMILES string of the molecule is O=C(O)C(CCC(F)(F)F)C(F)(F)F. The van der Waals surface area contributed by atoms with Crippen molar-refractivity contribution in [1.82, 2.24) is 0 Å². The molecule has 8 heteroatoms. The summed E-state index contributed by atoms with van der Waals surface area (Å²) in [7, 11) is 0. The molecule has 2 nitrogen and oxygen atoms in total. The Kier molecular flexibility index (Phi) is 3.78. The Hall–Kier alpha value is -0.950. The Morgan fingerprint density at radius 3 is 1.79 bits per heavy atom. The molecule has 0 radical (unpaired) electrons. The molecule has 0 aliphatic rings. The number of carbonyl (C=O) groups is 1. The van der Waals surface area contributed by atoms with E-state index in [0.29, 0.717) is 0 Å². The molecule has 0 fully saturated rings. The molecule has 1 N–H and O–H groups in total. The third-order valence-electron chi connectivity index (χ3n) is 1.41. The molecule has 0 spiro atoms. The van der Waals surface area contributed by atoms with E-state index in [1.807, 2.05) is 0 Å². The molecule has 14 heavy (non-hydrogen) atoms. The van der Waals surface area contributed by atoms with Crippen LogP contribution >= 0.6 is 0 Å². The Balaban J connectivity index is 4.35. The molecule has 84 valence electrons. The van der Waals surface area contributed by atoms with Gasteiger partial charge in [-0.1, -0.05) is 0 Å². The van der Waals surface area contributed by atoms with E-state index in [1.165, 1.54) is 0 Å². The molecule has 0 rings (SSSR count). The Labute approximate surface area is 74.5 Å². The van der Waals surface area contributed by atoms with Crippen molar-refractivity contribution in [3.05, 3.63) is 0 Å². The van der Waals surface area contributed by atoms with Gasteiger partial charge in [0.1, 0.15) is 0 Å². The molecular weight excluding hydrogens is 218 g/mol. The van der Waals surface area contributed by atoms with Crippen LogP contribution in [-0.2, 0) is 4.79 Å². The summed E-state index contributed by atoms with van der Waals surface area (Å²) in [4.78, 5) is 9.98. The zero-order valence-corrected chi connectivity index (χ0v) is 6.61. The third-order valence-corrected chi connectivity index (χ3v) is 1.41. The molecule has 0 aliphatic carbocycles. The average molecular weight is 224 g/mol. The molecule has 0 aromatic carbocycles. The largest absolute Gasteiger partial charge is 0.481 e. The molecule has 0 aromatic heterocycles. The lowest BCUT2D eigenvalue weighted by Crippen LogP contribution is -2.31. The summed E-state index contributed by atoms with van der Waals surface area (Å²) in [6, 6.07) is 0. The number of alkyl halides is 6. The van der Waals surface area contributed by atoms with E-state index in [9.17, 15) is 31.1 Å². The van der Waals surface area contributed by atoms with Crippen molar-refractivity contribution in [3.8, 4) is 0 Å². The molecule has 0 amide bonds. The highest BCUT2D eigenvalue weighted by Crippen LogP contribution is 2.33. The summed E-state index contributed by atoms with van der Waals surface area (Å²) in [5, 5.41) is 8.02. The van der Waals surface area contributed by atoms with E-state index in [0.717, 1.165) is 0 Å². The van der Waals surface area contributed by atoms with Crippen molar-refractivity contribution in [2.24, 2.45) is 5.92 Å². The van der Waals surface area contributed by atoms with Crippen LogP contribution in [0.15, 0.2) is 0 Å². The van der Waals surface area contributed by atoms with Gasteiger partial charge in [0.25, 0.3) is 0 Å². The van der Waals surface area contributed by atoms with E-state index in [2.05, 4.69) is 0 Å². The van der Waals surface area contributed by atoms with Crippen LogP contribution in [0.1, 0.15) is 12.8 Å². The van der Waals surface area contributed by atoms with Crippen LogP contribution in [0.4, 0.5) is 26.3 Å². The van der Waals surface area contributed by atoms with Crippen molar-refractivity contribution in [3.63, 3.8) is 0 Å². The minimum absolute atomic E-state index is 1.48. The number of carboxylic acid groups (broad SMARTS) is 1. The molecule has 0 bridgehead atoms. The number of carboxylic acids is 1. The van der Waals surface area contributed by atoms with E-state index in [-0.39, 0.29) is 0 Å². The van der Waals surface area contributed by atoms with Crippen LogP contribution in [-0.4, -0.2) is 23.4 Å². The lowest BCUT2D eigenvalue weighted by Gasteiger charge is -2.16. The molecule has 0 aromatic rings. The van der Waals surface area contributed by atoms with Crippen LogP contribution in [0.3, 0.4) is 0 Å². The highest BCUT2D eigenvalue weighted by atomic mass is 19.4. The van der Waals surface area contributed by atoms with Crippen LogP contribution in [0.2, 0.25) is 0 Å². The maximum atomic E-state index is 11.8. The zero-order chi connectivity index (χ0) is 11.6. The fraction of sp³-hybridized carbons (Fsp3) is 0.833. The van der Waals surface area contributed by atoms with Crippen molar-refractivity contribution in [2.75, 3.05) is 0 Å². The molecule has 0 aliphatic heterocycles. The van der Waals surface area contributed by atoms with Crippen molar-refractivity contribution >= 4 is 5.97 Å². The van der Waals surface area contributed by atoms with Gasteiger partial charge in [-0.15, -0.1) is 0 Å². The smallest absolute Gasteiger partial charge is 0.402 e. The van der Waals surface area contributed by atoms with Crippen molar-refractivity contribution in [2.45, 2.75) is 25.2 Å². The molecule has 1 atom stereocenters. The number of halogens is 6. The quantitative estimate of drug-likeness (QED) is 0.748. The first kappa shape index (κ1) is 13.0. The number of hydrogen-bond donors (Lipinski definition) is 1. The summed E-state index contributed by atoms with van der Waals surface area (Å²) in [5.74, 6) is -5.24. The summed E-state index contributed by atoms with van der Waals surface area (Å²) >= 11 is 0. The zero-order valence-electron chi connectivity index (χ0n) is 6.61. The van der Waals surface area contributed by atoms with Gasteiger partial charge in [-0.25, -0.2) is 0 Å². The Bertz CT molecular complexity index is 205. The standard InChI is InChI=1S/C6H6F6O2/c7-5(8,9)2-1-3(4(13)14)6(10,11)12/h3H,1-2H2,(H,13,14). The van der Waals surface area contributed by atoms with Gasteiger partial charge in [-0.3, -0.25) is 4.79 Å². The maximum Gasteiger partial charge on any atom is 0.402 e. The van der Waals surface area contributed by atoms with Gasteiger partial charge >= 0.3 is 18.3 Å². The van der Waals surface area contributed by atoms with Gasteiger partial charge in [0.05, 0.1) is 0 Å². The number of aliphatic carboxylic acids is 1. The summed E-state index contributed by atoms with van der Waals surface area (Å²) in [6.07, 6.45) is -13.2. The minimum atomic E-state index is -5.14. The normalized spacial score (nSPS) is 15.3. The first-order valence-electron chi connectivity index (χ1n) is 3.40. The predicted molar refractivity (Wildman–Crippen MR) is 32.5 cm³/mol. The number of hydrogen-bond acceptors (Lipinski definition) is 1. The first-order chi connectivity index (χ1) is 6.04. The first-order valence-corrected chi connectivity index (χ1v) is 3.40. The van der Waals surface area contributed by atoms with E-state index in [4.69, 9.17) is 5.11 Å². The lowest BCUT2D eigenvalue weighted by molar-refractivity contribution is -0.201. The van der Waals surface area contributed by atoms with Crippen molar-refractivity contribution in [1.29, 1.82) is 0 Å². The van der Waals surface area contributed by atoms with Gasteiger partial charge in [-0.05, 0) is 6.42 Å². The second-order valence-corrected chi connectivity index (χ2v) is 2.59. The summed E-state index contributed by atoms with van der Waals surface area (Å²) in [5.41, 5.74) is 0. The van der Waals surface area contributed by atoms with Gasteiger partial charge in [-0.2, -0.15) is 26.3 Å². The maximum absolute atomic E-state index is 11.8. The Morgan fingerprint density at radius 2 is 1.57 bits per heavy atom. The summed E-state index contributed by atoms with van der Waals surface area (Å²) in [6.45, 7) is 0. The molecular formula is C6H6F6O2. The van der Waals surface area contributed by atoms with Crippen LogP contribution < -0.4 is 0 Å². The lowest BCUT2D eigenvalue weighted by atomic mass is 10.0. The fourth-order valence-electron chi connectivity index (χ4n) is 0.735.